The van der Waals surface area contributed by atoms with Crippen LogP contribution in [0.15, 0.2) is 24.3 Å². The summed E-state index contributed by atoms with van der Waals surface area (Å²) in [7, 11) is 1.99. The molecule has 1 aromatic heterocycles. The normalized spacial score (nSPS) is 12.7. The molecule has 4 heteroatoms. The third-order valence-corrected chi connectivity index (χ3v) is 4.08. The Labute approximate surface area is 126 Å². The van der Waals surface area contributed by atoms with E-state index in [9.17, 15) is 0 Å². The first-order chi connectivity index (χ1) is 9.52. The number of rotatable bonds is 5. The lowest BCUT2D eigenvalue weighted by molar-refractivity contribution is 0.528. The molecule has 0 saturated carbocycles. The van der Waals surface area contributed by atoms with Gasteiger partial charge < -0.3 is 5.32 Å². The third kappa shape index (κ3) is 3.22. The molecule has 1 unspecified atom stereocenters. The van der Waals surface area contributed by atoms with Crippen LogP contribution in [0.1, 0.15) is 35.5 Å². The van der Waals surface area contributed by atoms with E-state index < -0.39 is 0 Å². The summed E-state index contributed by atoms with van der Waals surface area (Å²) < 4.78 is 1.95. The average Bonchev–Trinajstić information content (AvgIpc) is 2.71. The molecule has 0 aliphatic heterocycles. The van der Waals surface area contributed by atoms with Crippen LogP contribution in [-0.4, -0.2) is 16.3 Å². The molecule has 0 aliphatic rings. The summed E-state index contributed by atoms with van der Waals surface area (Å²) in [4.78, 5) is 0. The van der Waals surface area contributed by atoms with E-state index in [0.717, 1.165) is 34.8 Å². The van der Waals surface area contributed by atoms with Gasteiger partial charge in [-0.2, -0.15) is 5.10 Å². The van der Waals surface area contributed by atoms with Crippen LogP contribution in [0.5, 0.6) is 0 Å². The summed E-state index contributed by atoms with van der Waals surface area (Å²) in [5.41, 5.74) is 4.54. The number of benzene rings is 1. The molecule has 2 aromatic rings. The van der Waals surface area contributed by atoms with Crippen molar-refractivity contribution in [2.75, 3.05) is 6.54 Å². The van der Waals surface area contributed by atoms with Crippen LogP contribution in [0.4, 0.5) is 0 Å². The van der Waals surface area contributed by atoms with Gasteiger partial charge in [-0.25, -0.2) is 0 Å². The second-order valence-electron chi connectivity index (χ2n) is 5.19. The lowest BCUT2D eigenvalue weighted by Crippen LogP contribution is -2.24. The van der Waals surface area contributed by atoms with E-state index in [0.29, 0.717) is 0 Å². The fourth-order valence-corrected chi connectivity index (χ4v) is 2.80. The van der Waals surface area contributed by atoms with E-state index >= 15 is 0 Å². The molecule has 1 heterocycles. The fourth-order valence-electron chi connectivity index (χ4n) is 2.54. The van der Waals surface area contributed by atoms with Crippen molar-refractivity contribution in [2.24, 2.45) is 7.05 Å². The Morgan fingerprint density at radius 2 is 2.10 bits per heavy atom. The van der Waals surface area contributed by atoms with Crippen LogP contribution in [0.25, 0.3) is 0 Å². The monoisotopic (exact) mass is 291 g/mol. The zero-order chi connectivity index (χ0) is 14.7. The highest BCUT2D eigenvalue weighted by atomic mass is 35.5. The summed E-state index contributed by atoms with van der Waals surface area (Å²) in [6, 6.07) is 8.56. The van der Waals surface area contributed by atoms with Crippen molar-refractivity contribution in [1.82, 2.24) is 15.1 Å². The van der Waals surface area contributed by atoms with E-state index in [1.807, 2.05) is 31.6 Å². The molecule has 0 spiro atoms. The maximum Gasteiger partial charge on any atom is 0.0596 e. The Balaban J connectivity index is 2.31. The molecule has 3 nitrogen and oxygen atoms in total. The average molecular weight is 292 g/mol. The van der Waals surface area contributed by atoms with Gasteiger partial charge >= 0.3 is 0 Å². The van der Waals surface area contributed by atoms with E-state index in [-0.39, 0.29) is 6.04 Å². The van der Waals surface area contributed by atoms with Crippen LogP contribution in [0.3, 0.4) is 0 Å². The number of hydrogen-bond donors (Lipinski definition) is 1. The molecule has 1 atom stereocenters. The van der Waals surface area contributed by atoms with Gasteiger partial charge in [-0.1, -0.05) is 36.7 Å². The lowest BCUT2D eigenvalue weighted by Gasteiger charge is -2.20. The van der Waals surface area contributed by atoms with Crippen LogP contribution in [0, 0.1) is 13.8 Å². The first kappa shape index (κ1) is 15.1. The van der Waals surface area contributed by atoms with Gasteiger partial charge in [0.2, 0.25) is 0 Å². The Morgan fingerprint density at radius 3 is 2.70 bits per heavy atom. The van der Waals surface area contributed by atoms with Crippen molar-refractivity contribution in [3.63, 3.8) is 0 Å². The van der Waals surface area contributed by atoms with Crippen LogP contribution < -0.4 is 5.32 Å². The standard InChI is InChI=1S/C16H22ClN3/c1-5-18-15(10-13-9-12(3)19-20(13)4)14-8-6-7-11(2)16(14)17/h6-9,15,18H,5,10H2,1-4H3. The third-order valence-electron chi connectivity index (χ3n) is 3.56. The first-order valence-electron chi connectivity index (χ1n) is 7.00. The fraction of sp³-hybridized carbons (Fsp3) is 0.438. The van der Waals surface area contributed by atoms with Gasteiger partial charge in [-0.15, -0.1) is 0 Å². The van der Waals surface area contributed by atoms with Gasteiger partial charge in [-0.3, -0.25) is 4.68 Å². The Kier molecular flexibility index (Phi) is 4.84. The quantitative estimate of drug-likeness (QED) is 0.912. The van der Waals surface area contributed by atoms with Gasteiger partial charge in [0.25, 0.3) is 0 Å². The topological polar surface area (TPSA) is 29.9 Å². The molecule has 0 saturated heterocycles. The van der Waals surface area contributed by atoms with E-state index in [1.54, 1.807) is 0 Å². The Bertz CT molecular complexity index is 589. The van der Waals surface area contributed by atoms with Crippen molar-refractivity contribution in [3.05, 3.63) is 51.8 Å². The minimum Gasteiger partial charge on any atom is -0.310 e. The molecule has 0 bridgehead atoms. The predicted molar refractivity (Wildman–Crippen MR) is 84.3 cm³/mol. The second-order valence-corrected chi connectivity index (χ2v) is 5.57. The maximum absolute atomic E-state index is 6.47. The van der Waals surface area contributed by atoms with Crippen LogP contribution in [-0.2, 0) is 13.5 Å². The smallest absolute Gasteiger partial charge is 0.0596 e. The zero-order valence-corrected chi connectivity index (χ0v) is 13.3. The number of aromatic nitrogens is 2. The number of nitrogens with one attached hydrogen (secondary N) is 1. The maximum atomic E-state index is 6.47. The minimum absolute atomic E-state index is 0.210. The summed E-state index contributed by atoms with van der Waals surface area (Å²) in [6.45, 7) is 7.09. The van der Waals surface area contributed by atoms with Gasteiger partial charge in [0, 0.05) is 30.2 Å². The van der Waals surface area contributed by atoms with Gasteiger partial charge in [-0.05, 0) is 37.6 Å². The predicted octanol–water partition coefficient (Wildman–Crippen LogP) is 3.58. The van der Waals surface area contributed by atoms with E-state index in [4.69, 9.17) is 11.6 Å². The van der Waals surface area contributed by atoms with Gasteiger partial charge in [0.15, 0.2) is 0 Å². The zero-order valence-electron chi connectivity index (χ0n) is 12.6. The molecule has 108 valence electrons. The highest BCUT2D eigenvalue weighted by Gasteiger charge is 2.17. The molecule has 0 amide bonds. The number of nitrogens with zero attached hydrogens (tertiary/aromatic N) is 2. The molecule has 0 fully saturated rings. The highest BCUT2D eigenvalue weighted by molar-refractivity contribution is 6.32. The second kappa shape index (κ2) is 6.42. The molecular weight excluding hydrogens is 270 g/mol. The van der Waals surface area contributed by atoms with Crippen molar-refractivity contribution in [2.45, 2.75) is 33.2 Å². The number of aryl methyl sites for hydroxylation is 3. The summed E-state index contributed by atoms with van der Waals surface area (Å²) in [5.74, 6) is 0. The number of likely N-dealkylation sites (N-methyl/N-ethyl adjacent to an activating group) is 1. The van der Waals surface area contributed by atoms with Crippen molar-refractivity contribution >= 4 is 11.6 Å². The molecular formula is C16H22ClN3. The number of hydrogen-bond acceptors (Lipinski definition) is 2. The van der Waals surface area contributed by atoms with E-state index in [2.05, 4.69) is 35.5 Å². The molecule has 0 aliphatic carbocycles. The molecule has 1 aromatic carbocycles. The SMILES string of the molecule is CCNC(Cc1cc(C)nn1C)c1cccc(C)c1Cl. The minimum atomic E-state index is 0.210. The largest absolute Gasteiger partial charge is 0.310 e. The molecule has 1 N–H and O–H groups in total. The van der Waals surface area contributed by atoms with Crippen molar-refractivity contribution in [3.8, 4) is 0 Å². The molecule has 20 heavy (non-hydrogen) atoms. The summed E-state index contributed by atoms with van der Waals surface area (Å²) in [6.07, 6.45) is 0.883. The first-order valence-corrected chi connectivity index (χ1v) is 7.38. The van der Waals surface area contributed by atoms with E-state index in [1.165, 1.54) is 5.69 Å². The van der Waals surface area contributed by atoms with Gasteiger partial charge in [0.1, 0.15) is 0 Å². The summed E-state index contributed by atoms with van der Waals surface area (Å²) >= 11 is 6.47. The Morgan fingerprint density at radius 1 is 1.35 bits per heavy atom. The van der Waals surface area contributed by atoms with Crippen LogP contribution in [0.2, 0.25) is 5.02 Å². The molecule has 0 radical (unpaired) electrons. The van der Waals surface area contributed by atoms with Crippen molar-refractivity contribution in [1.29, 1.82) is 0 Å². The molecule has 2 rings (SSSR count). The van der Waals surface area contributed by atoms with Crippen LogP contribution >= 0.6 is 11.6 Å². The lowest BCUT2D eigenvalue weighted by atomic mass is 9.99. The summed E-state index contributed by atoms with van der Waals surface area (Å²) in [5, 5.41) is 8.80. The van der Waals surface area contributed by atoms with Gasteiger partial charge in [0.05, 0.1) is 5.69 Å². The number of halogens is 1. The highest BCUT2D eigenvalue weighted by Crippen LogP contribution is 2.28. The van der Waals surface area contributed by atoms with Crippen molar-refractivity contribution < 1.29 is 0 Å². The Hall–Kier alpha value is -1.32.